The zero-order valence-corrected chi connectivity index (χ0v) is 15.6. The molecule has 0 aliphatic heterocycles. The summed E-state index contributed by atoms with van der Waals surface area (Å²) in [6.45, 7) is 16.3. The Morgan fingerprint density at radius 3 is 2.14 bits per heavy atom. The normalized spacial score (nSPS) is 20.4. The lowest BCUT2D eigenvalue weighted by atomic mass is 9.84. The van der Waals surface area contributed by atoms with Gasteiger partial charge in [-0.3, -0.25) is 4.90 Å². The van der Waals surface area contributed by atoms with Crippen LogP contribution in [-0.4, -0.2) is 61.7 Å². The maximum Gasteiger partial charge on any atom is 0.0194 e. The summed E-state index contributed by atoms with van der Waals surface area (Å²) in [4.78, 5) is 5.00. The average Bonchev–Trinajstić information content (AvgIpc) is 2.81. The molecule has 21 heavy (non-hydrogen) atoms. The Hall–Kier alpha value is -0.120. The third kappa shape index (κ3) is 6.66. The Bertz CT molecular complexity index is 287. The molecule has 0 amide bonds. The Morgan fingerprint density at radius 2 is 1.71 bits per heavy atom. The fraction of sp³-hybridized carbons (Fsp3) is 1.00. The predicted molar refractivity (Wildman–Crippen MR) is 93.9 cm³/mol. The van der Waals surface area contributed by atoms with Crippen LogP contribution < -0.4 is 5.32 Å². The first-order chi connectivity index (χ1) is 9.67. The summed E-state index contributed by atoms with van der Waals surface area (Å²) in [5.41, 5.74) is 0.714. The van der Waals surface area contributed by atoms with Crippen LogP contribution in [0.1, 0.15) is 60.3 Å². The van der Waals surface area contributed by atoms with E-state index in [1.165, 1.54) is 38.8 Å². The molecular formula is C18H39N3. The molecule has 3 nitrogen and oxygen atoms in total. The Morgan fingerprint density at radius 1 is 1.14 bits per heavy atom. The van der Waals surface area contributed by atoms with Crippen LogP contribution in [0.15, 0.2) is 0 Å². The molecule has 0 aromatic heterocycles. The largest absolute Gasteiger partial charge is 0.311 e. The van der Waals surface area contributed by atoms with Gasteiger partial charge in [-0.15, -0.1) is 0 Å². The topological polar surface area (TPSA) is 18.5 Å². The van der Waals surface area contributed by atoms with E-state index in [2.05, 4.69) is 63.8 Å². The van der Waals surface area contributed by atoms with Crippen molar-refractivity contribution in [2.45, 2.75) is 71.9 Å². The first kappa shape index (κ1) is 18.9. The fourth-order valence-electron chi connectivity index (χ4n) is 3.62. The zero-order valence-electron chi connectivity index (χ0n) is 15.6. The van der Waals surface area contributed by atoms with E-state index in [1.54, 1.807) is 0 Å². The molecule has 1 N–H and O–H groups in total. The van der Waals surface area contributed by atoms with Gasteiger partial charge in [0.1, 0.15) is 0 Å². The predicted octanol–water partition coefficient (Wildman–Crippen LogP) is 3.21. The monoisotopic (exact) mass is 297 g/mol. The van der Waals surface area contributed by atoms with Gasteiger partial charge in [-0.1, -0.05) is 19.8 Å². The number of hydrogen-bond donors (Lipinski definition) is 1. The minimum absolute atomic E-state index is 0.224. The summed E-state index contributed by atoms with van der Waals surface area (Å²) in [5, 5.41) is 3.78. The molecule has 0 saturated heterocycles. The summed E-state index contributed by atoms with van der Waals surface area (Å²) in [7, 11) is 4.35. The second-order valence-corrected chi connectivity index (χ2v) is 8.49. The van der Waals surface area contributed by atoms with Gasteiger partial charge < -0.3 is 10.2 Å². The van der Waals surface area contributed by atoms with Crippen LogP contribution in [0.4, 0.5) is 0 Å². The molecule has 0 heterocycles. The number of nitrogens with zero attached hydrogens (tertiary/aromatic N) is 2. The maximum atomic E-state index is 3.78. The van der Waals surface area contributed by atoms with Crippen LogP contribution in [0.5, 0.6) is 0 Å². The highest BCUT2D eigenvalue weighted by molar-refractivity contribution is 4.92. The van der Waals surface area contributed by atoms with Gasteiger partial charge in [-0.05, 0) is 66.6 Å². The molecular weight excluding hydrogens is 258 g/mol. The summed E-state index contributed by atoms with van der Waals surface area (Å²) in [6, 6.07) is 0.636. The fourth-order valence-corrected chi connectivity index (χ4v) is 3.62. The molecule has 1 saturated carbocycles. The van der Waals surface area contributed by atoms with Crippen molar-refractivity contribution < 1.29 is 0 Å². The Balaban J connectivity index is 2.66. The van der Waals surface area contributed by atoms with Gasteiger partial charge in [0.05, 0.1) is 0 Å². The van der Waals surface area contributed by atoms with Crippen LogP contribution in [0.2, 0.25) is 0 Å². The highest BCUT2D eigenvalue weighted by atomic mass is 15.2. The maximum absolute atomic E-state index is 3.78. The van der Waals surface area contributed by atoms with E-state index in [1.807, 2.05) is 0 Å². The second kappa shape index (κ2) is 7.94. The van der Waals surface area contributed by atoms with Gasteiger partial charge in [0, 0.05) is 31.2 Å². The molecule has 1 aliphatic rings. The van der Waals surface area contributed by atoms with Gasteiger partial charge in [0.2, 0.25) is 0 Å². The summed E-state index contributed by atoms with van der Waals surface area (Å²) < 4.78 is 0. The van der Waals surface area contributed by atoms with Gasteiger partial charge in [-0.2, -0.15) is 0 Å². The lowest BCUT2D eigenvalue weighted by Gasteiger charge is -2.40. The molecule has 1 fully saturated rings. The first-order valence-electron chi connectivity index (χ1n) is 8.81. The molecule has 0 aromatic carbocycles. The van der Waals surface area contributed by atoms with Crippen molar-refractivity contribution >= 4 is 0 Å². The molecule has 3 heteroatoms. The van der Waals surface area contributed by atoms with Gasteiger partial charge in [-0.25, -0.2) is 0 Å². The SMILES string of the molecule is CCN(CC1(CNC(C)(C)C)CCCC1)C(C)CN(C)C. The third-order valence-corrected chi connectivity index (χ3v) is 4.86. The van der Waals surface area contributed by atoms with E-state index < -0.39 is 0 Å². The van der Waals surface area contributed by atoms with E-state index >= 15 is 0 Å². The van der Waals surface area contributed by atoms with Crippen molar-refractivity contribution in [3.63, 3.8) is 0 Å². The third-order valence-electron chi connectivity index (χ3n) is 4.86. The minimum Gasteiger partial charge on any atom is -0.311 e. The van der Waals surface area contributed by atoms with Crippen LogP contribution in [0.25, 0.3) is 0 Å². The molecule has 0 radical (unpaired) electrons. The van der Waals surface area contributed by atoms with E-state index in [4.69, 9.17) is 0 Å². The number of nitrogens with one attached hydrogen (secondary N) is 1. The molecule has 126 valence electrons. The standard InChI is InChI=1S/C18H39N3/c1-8-21(16(2)13-20(6)7)15-18(11-9-10-12-18)14-19-17(3,4)5/h16,19H,8-15H2,1-7H3. The highest BCUT2D eigenvalue weighted by Gasteiger charge is 2.36. The summed E-state index contributed by atoms with van der Waals surface area (Å²) >= 11 is 0. The minimum atomic E-state index is 0.224. The number of hydrogen-bond acceptors (Lipinski definition) is 3. The van der Waals surface area contributed by atoms with Crippen LogP contribution >= 0.6 is 0 Å². The number of rotatable bonds is 8. The van der Waals surface area contributed by atoms with E-state index in [0.29, 0.717) is 11.5 Å². The molecule has 1 unspecified atom stereocenters. The molecule has 1 atom stereocenters. The lowest BCUT2D eigenvalue weighted by Crippen LogP contribution is -2.50. The quantitative estimate of drug-likeness (QED) is 0.742. The zero-order chi connectivity index (χ0) is 16.1. The van der Waals surface area contributed by atoms with Crippen molar-refractivity contribution in [3.8, 4) is 0 Å². The van der Waals surface area contributed by atoms with Crippen molar-refractivity contribution in [1.29, 1.82) is 0 Å². The van der Waals surface area contributed by atoms with Gasteiger partial charge >= 0.3 is 0 Å². The van der Waals surface area contributed by atoms with Crippen molar-refractivity contribution in [3.05, 3.63) is 0 Å². The van der Waals surface area contributed by atoms with Crippen LogP contribution in [-0.2, 0) is 0 Å². The van der Waals surface area contributed by atoms with Crippen molar-refractivity contribution in [2.75, 3.05) is 40.3 Å². The van der Waals surface area contributed by atoms with Gasteiger partial charge in [0.25, 0.3) is 0 Å². The smallest absolute Gasteiger partial charge is 0.0194 e. The number of likely N-dealkylation sites (N-methyl/N-ethyl adjacent to an activating group) is 2. The van der Waals surface area contributed by atoms with Crippen LogP contribution in [0, 0.1) is 5.41 Å². The molecule has 0 bridgehead atoms. The molecule has 0 spiro atoms. The summed E-state index contributed by atoms with van der Waals surface area (Å²) in [6.07, 6.45) is 5.60. The highest BCUT2D eigenvalue weighted by Crippen LogP contribution is 2.39. The first-order valence-corrected chi connectivity index (χ1v) is 8.81. The Kier molecular flexibility index (Phi) is 7.15. The molecule has 1 aliphatic carbocycles. The molecule has 1 rings (SSSR count). The van der Waals surface area contributed by atoms with Crippen LogP contribution in [0.3, 0.4) is 0 Å². The van der Waals surface area contributed by atoms with E-state index in [0.717, 1.165) is 13.1 Å². The Labute approximate surface area is 133 Å². The van der Waals surface area contributed by atoms with Gasteiger partial charge in [0.15, 0.2) is 0 Å². The second-order valence-electron chi connectivity index (χ2n) is 8.49. The summed E-state index contributed by atoms with van der Waals surface area (Å²) in [5.74, 6) is 0. The van der Waals surface area contributed by atoms with E-state index in [9.17, 15) is 0 Å². The average molecular weight is 298 g/mol. The van der Waals surface area contributed by atoms with Crippen molar-refractivity contribution in [1.82, 2.24) is 15.1 Å². The molecule has 0 aromatic rings. The van der Waals surface area contributed by atoms with Crippen molar-refractivity contribution in [2.24, 2.45) is 5.41 Å². The lowest BCUT2D eigenvalue weighted by molar-refractivity contribution is 0.101. The van der Waals surface area contributed by atoms with E-state index in [-0.39, 0.29) is 5.54 Å².